The fourth-order valence-electron chi connectivity index (χ4n) is 2.50. The molecule has 1 fully saturated rings. The van der Waals surface area contributed by atoms with E-state index in [1.807, 2.05) is 36.4 Å². The highest BCUT2D eigenvalue weighted by Gasteiger charge is 2.15. The van der Waals surface area contributed by atoms with Crippen molar-refractivity contribution in [2.75, 3.05) is 0 Å². The maximum absolute atomic E-state index is 11.8. The van der Waals surface area contributed by atoms with Crippen molar-refractivity contribution in [3.05, 3.63) is 42.0 Å². The molecule has 0 saturated heterocycles. The average Bonchev–Trinajstić information content (AvgIpc) is 2.39. The van der Waals surface area contributed by atoms with Crippen molar-refractivity contribution in [2.24, 2.45) is 5.92 Å². The number of benzene rings is 1. The third-order valence-corrected chi connectivity index (χ3v) is 3.48. The quantitative estimate of drug-likeness (QED) is 0.704. The van der Waals surface area contributed by atoms with Gasteiger partial charge in [0.25, 0.3) is 0 Å². The Morgan fingerprint density at radius 3 is 2.53 bits per heavy atom. The zero-order chi connectivity index (χ0) is 11.9. The number of rotatable bonds is 4. The number of carbonyl (C=O) groups is 1. The summed E-state index contributed by atoms with van der Waals surface area (Å²) in [6, 6.07) is 10.0. The Hall–Kier alpha value is -1.37. The third kappa shape index (κ3) is 4.18. The monoisotopic (exact) mass is 228 g/mol. The third-order valence-electron chi connectivity index (χ3n) is 3.48. The van der Waals surface area contributed by atoms with E-state index in [0.717, 1.165) is 12.0 Å². The van der Waals surface area contributed by atoms with E-state index in [-0.39, 0.29) is 5.78 Å². The molecule has 0 aromatic heterocycles. The predicted octanol–water partition coefficient (Wildman–Crippen LogP) is 4.24. The lowest BCUT2D eigenvalue weighted by atomic mass is 9.86. The van der Waals surface area contributed by atoms with Crippen LogP contribution >= 0.6 is 0 Å². The van der Waals surface area contributed by atoms with E-state index < -0.39 is 0 Å². The molecule has 1 aliphatic rings. The average molecular weight is 228 g/mol. The SMILES string of the molecule is O=C(C=Cc1ccccc1)CC1CCCCC1. The molecular formula is C16H20O. The number of ketones is 1. The molecule has 1 heteroatoms. The Bertz CT molecular complexity index is 372. The molecule has 1 aliphatic carbocycles. The highest BCUT2D eigenvalue weighted by atomic mass is 16.1. The summed E-state index contributed by atoms with van der Waals surface area (Å²) in [7, 11) is 0. The molecule has 0 aliphatic heterocycles. The van der Waals surface area contributed by atoms with Crippen molar-refractivity contribution in [1.29, 1.82) is 0 Å². The fraction of sp³-hybridized carbons (Fsp3) is 0.438. The molecule has 1 saturated carbocycles. The number of hydrogen-bond acceptors (Lipinski definition) is 1. The van der Waals surface area contributed by atoms with E-state index in [1.54, 1.807) is 6.08 Å². The minimum Gasteiger partial charge on any atom is -0.295 e. The van der Waals surface area contributed by atoms with Crippen LogP contribution in [0, 0.1) is 5.92 Å². The second-order valence-electron chi connectivity index (χ2n) is 4.92. The largest absolute Gasteiger partial charge is 0.295 e. The summed E-state index contributed by atoms with van der Waals surface area (Å²) in [5, 5.41) is 0. The van der Waals surface area contributed by atoms with E-state index in [9.17, 15) is 4.79 Å². The molecule has 0 bridgehead atoms. The summed E-state index contributed by atoms with van der Waals surface area (Å²) in [5.41, 5.74) is 1.10. The van der Waals surface area contributed by atoms with E-state index >= 15 is 0 Å². The van der Waals surface area contributed by atoms with Gasteiger partial charge >= 0.3 is 0 Å². The summed E-state index contributed by atoms with van der Waals surface area (Å²) >= 11 is 0. The molecule has 0 spiro atoms. The number of carbonyl (C=O) groups excluding carboxylic acids is 1. The van der Waals surface area contributed by atoms with Gasteiger partial charge in [0, 0.05) is 6.42 Å². The first-order valence-corrected chi connectivity index (χ1v) is 6.60. The molecule has 1 nitrogen and oxygen atoms in total. The Labute approximate surface area is 104 Å². The first-order chi connectivity index (χ1) is 8.34. The van der Waals surface area contributed by atoms with Gasteiger partial charge in [-0.1, -0.05) is 68.5 Å². The van der Waals surface area contributed by atoms with Gasteiger partial charge in [-0.2, -0.15) is 0 Å². The highest BCUT2D eigenvalue weighted by Crippen LogP contribution is 2.26. The molecule has 1 aromatic rings. The first-order valence-electron chi connectivity index (χ1n) is 6.60. The van der Waals surface area contributed by atoms with E-state index in [1.165, 1.54) is 32.1 Å². The maximum atomic E-state index is 11.8. The van der Waals surface area contributed by atoms with Crippen LogP contribution in [0.15, 0.2) is 36.4 Å². The van der Waals surface area contributed by atoms with Crippen LogP contribution in [0.4, 0.5) is 0 Å². The van der Waals surface area contributed by atoms with Crippen LogP contribution in [-0.4, -0.2) is 5.78 Å². The molecule has 0 unspecified atom stereocenters. The normalized spacial score (nSPS) is 17.4. The second-order valence-corrected chi connectivity index (χ2v) is 4.92. The lowest BCUT2D eigenvalue weighted by Gasteiger charge is -2.19. The van der Waals surface area contributed by atoms with Crippen LogP contribution in [0.2, 0.25) is 0 Å². The van der Waals surface area contributed by atoms with Gasteiger partial charge in [0.15, 0.2) is 5.78 Å². The second kappa shape index (κ2) is 6.39. The zero-order valence-corrected chi connectivity index (χ0v) is 10.3. The predicted molar refractivity (Wildman–Crippen MR) is 71.7 cm³/mol. The van der Waals surface area contributed by atoms with Crippen LogP contribution in [0.3, 0.4) is 0 Å². The summed E-state index contributed by atoms with van der Waals surface area (Å²) in [6.07, 6.45) is 10.8. The summed E-state index contributed by atoms with van der Waals surface area (Å²) < 4.78 is 0. The van der Waals surface area contributed by atoms with Gasteiger partial charge in [0.05, 0.1) is 0 Å². The first kappa shape index (κ1) is 12.1. The van der Waals surface area contributed by atoms with Crippen LogP contribution in [-0.2, 0) is 4.79 Å². The fourth-order valence-corrected chi connectivity index (χ4v) is 2.50. The van der Waals surface area contributed by atoms with Crippen molar-refractivity contribution in [1.82, 2.24) is 0 Å². The maximum Gasteiger partial charge on any atom is 0.155 e. The standard InChI is InChI=1S/C16H20O/c17-16(13-15-9-5-2-6-10-15)12-11-14-7-3-1-4-8-14/h1,3-4,7-8,11-12,15H,2,5-6,9-10,13H2. The lowest BCUT2D eigenvalue weighted by Crippen LogP contribution is -2.10. The summed E-state index contributed by atoms with van der Waals surface area (Å²) in [6.45, 7) is 0. The van der Waals surface area contributed by atoms with Gasteiger partial charge in [-0.05, 0) is 17.6 Å². The molecule has 90 valence electrons. The molecule has 0 heterocycles. The summed E-state index contributed by atoms with van der Waals surface area (Å²) in [5.74, 6) is 0.914. The summed E-state index contributed by atoms with van der Waals surface area (Å²) in [4.78, 5) is 11.8. The van der Waals surface area contributed by atoms with Gasteiger partial charge in [-0.25, -0.2) is 0 Å². The molecule has 2 rings (SSSR count). The van der Waals surface area contributed by atoms with Crippen molar-refractivity contribution in [2.45, 2.75) is 38.5 Å². The van der Waals surface area contributed by atoms with Gasteiger partial charge in [0.1, 0.15) is 0 Å². The van der Waals surface area contributed by atoms with Crippen LogP contribution in [0.25, 0.3) is 6.08 Å². The molecule has 0 atom stereocenters. The van der Waals surface area contributed by atoms with Crippen molar-refractivity contribution in [3.8, 4) is 0 Å². The molecule has 0 radical (unpaired) electrons. The molecule has 0 N–H and O–H groups in total. The Morgan fingerprint density at radius 2 is 1.82 bits per heavy atom. The molecule has 0 amide bonds. The van der Waals surface area contributed by atoms with Crippen LogP contribution < -0.4 is 0 Å². The van der Waals surface area contributed by atoms with Gasteiger partial charge < -0.3 is 0 Å². The molecule has 1 aromatic carbocycles. The van der Waals surface area contributed by atoms with Crippen molar-refractivity contribution in [3.63, 3.8) is 0 Å². The lowest BCUT2D eigenvalue weighted by molar-refractivity contribution is -0.115. The number of allylic oxidation sites excluding steroid dienone is 1. The smallest absolute Gasteiger partial charge is 0.155 e. The number of hydrogen-bond donors (Lipinski definition) is 0. The van der Waals surface area contributed by atoms with E-state index in [2.05, 4.69) is 0 Å². The molecular weight excluding hydrogens is 208 g/mol. The zero-order valence-electron chi connectivity index (χ0n) is 10.3. The Kier molecular flexibility index (Phi) is 4.54. The minimum absolute atomic E-state index is 0.278. The van der Waals surface area contributed by atoms with Gasteiger partial charge in [0.2, 0.25) is 0 Å². The van der Waals surface area contributed by atoms with Gasteiger partial charge in [-0.15, -0.1) is 0 Å². The molecule has 17 heavy (non-hydrogen) atoms. The Morgan fingerprint density at radius 1 is 1.12 bits per heavy atom. The van der Waals surface area contributed by atoms with E-state index in [0.29, 0.717) is 5.92 Å². The van der Waals surface area contributed by atoms with Crippen LogP contribution in [0.1, 0.15) is 44.1 Å². The van der Waals surface area contributed by atoms with Crippen LogP contribution in [0.5, 0.6) is 0 Å². The minimum atomic E-state index is 0.278. The van der Waals surface area contributed by atoms with Crippen molar-refractivity contribution >= 4 is 11.9 Å². The Balaban J connectivity index is 1.82. The van der Waals surface area contributed by atoms with Gasteiger partial charge in [-0.3, -0.25) is 4.79 Å². The highest BCUT2D eigenvalue weighted by molar-refractivity contribution is 5.93. The van der Waals surface area contributed by atoms with E-state index in [4.69, 9.17) is 0 Å². The van der Waals surface area contributed by atoms with Crippen molar-refractivity contribution < 1.29 is 4.79 Å². The topological polar surface area (TPSA) is 17.1 Å².